The van der Waals surface area contributed by atoms with Crippen molar-refractivity contribution in [3.05, 3.63) is 59.9 Å². The SMILES string of the molecule is COCCC(=O)N1CC[C@@](Cc2cccc(-c3ccc(F)cc3)c2)(C(=O)NC(C)(C)C)C1. The number of carbonyl (C=O) groups excluding carboxylic acids is 2. The van der Waals surface area contributed by atoms with Crippen LogP contribution in [0.3, 0.4) is 0 Å². The molecular weight excluding hydrogens is 407 g/mol. The fraction of sp³-hybridized carbons (Fsp3) is 0.462. The van der Waals surface area contributed by atoms with E-state index in [1.807, 2.05) is 39.0 Å². The first-order valence-corrected chi connectivity index (χ1v) is 11.1. The van der Waals surface area contributed by atoms with E-state index < -0.39 is 5.41 Å². The standard InChI is InChI=1S/C26H33FN2O3/c1-25(2,3)28-24(31)26(13-14-29(18-26)23(30)12-15-32-4)17-19-6-5-7-21(16-19)20-8-10-22(27)11-9-20/h5-11,16H,12-15,17-18H2,1-4H3,(H,28,31)/t26-/m0/s1. The van der Waals surface area contributed by atoms with E-state index in [4.69, 9.17) is 4.74 Å². The van der Waals surface area contributed by atoms with Crippen molar-refractivity contribution in [3.8, 4) is 11.1 Å². The van der Waals surface area contributed by atoms with E-state index in [0.29, 0.717) is 39.0 Å². The first-order chi connectivity index (χ1) is 15.1. The third-order valence-electron chi connectivity index (χ3n) is 5.84. The molecule has 172 valence electrons. The largest absolute Gasteiger partial charge is 0.384 e. The van der Waals surface area contributed by atoms with Gasteiger partial charge in [-0.25, -0.2) is 4.39 Å². The fourth-order valence-electron chi connectivity index (χ4n) is 4.21. The molecule has 0 spiro atoms. The van der Waals surface area contributed by atoms with Crippen LogP contribution in [-0.4, -0.2) is 49.1 Å². The van der Waals surface area contributed by atoms with Crippen LogP contribution in [0, 0.1) is 11.2 Å². The van der Waals surface area contributed by atoms with Crippen LogP contribution >= 0.6 is 0 Å². The Morgan fingerprint density at radius 1 is 1.12 bits per heavy atom. The first-order valence-electron chi connectivity index (χ1n) is 11.1. The average Bonchev–Trinajstić information content (AvgIpc) is 3.17. The van der Waals surface area contributed by atoms with Crippen LogP contribution < -0.4 is 5.32 Å². The van der Waals surface area contributed by atoms with Crippen LogP contribution in [0.5, 0.6) is 0 Å². The van der Waals surface area contributed by atoms with Gasteiger partial charge in [-0.15, -0.1) is 0 Å². The number of likely N-dealkylation sites (tertiary alicyclic amines) is 1. The summed E-state index contributed by atoms with van der Waals surface area (Å²) in [5.74, 6) is -0.288. The predicted octanol–water partition coefficient (Wildman–Crippen LogP) is 4.21. The Hall–Kier alpha value is -2.73. The van der Waals surface area contributed by atoms with Gasteiger partial charge in [0.15, 0.2) is 0 Å². The molecule has 3 rings (SSSR count). The highest BCUT2D eigenvalue weighted by Gasteiger charge is 2.46. The van der Waals surface area contributed by atoms with Gasteiger partial charge in [0.1, 0.15) is 5.82 Å². The highest BCUT2D eigenvalue weighted by molar-refractivity contribution is 5.86. The molecule has 2 aromatic carbocycles. The Kier molecular flexibility index (Phi) is 7.34. The maximum atomic E-state index is 13.4. The Bertz CT molecular complexity index is 952. The lowest BCUT2D eigenvalue weighted by Gasteiger charge is -2.32. The number of ether oxygens (including phenoxy) is 1. The van der Waals surface area contributed by atoms with Gasteiger partial charge in [-0.1, -0.05) is 36.4 Å². The van der Waals surface area contributed by atoms with E-state index in [9.17, 15) is 14.0 Å². The van der Waals surface area contributed by atoms with E-state index in [1.165, 1.54) is 12.1 Å². The molecule has 1 heterocycles. The van der Waals surface area contributed by atoms with Crippen LogP contribution in [0.25, 0.3) is 11.1 Å². The van der Waals surface area contributed by atoms with Crippen molar-refractivity contribution < 1.29 is 18.7 Å². The Labute approximate surface area is 190 Å². The van der Waals surface area contributed by atoms with Gasteiger partial charge in [0.25, 0.3) is 0 Å². The summed E-state index contributed by atoms with van der Waals surface area (Å²) in [6.45, 7) is 7.20. The summed E-state index contributed by atoms with van der Waals surface area (Å²) in [6, 6.07) is 14.4. The third kappa shape index (κ3) is 5.94. The highest BCUT2D eigenvalue weighted by atomic mass is 19.1. The molecule has 1 saturated heterocycles. The summed E-state index contributed by atoms with van der Waals surface area (Å²) < 4.78 is 18.4. The van der Waals surface area contributed by atoms with Crippen LogP contribution in [0.4, 0.5) is 4.39 Å². The minimum absolute atomic E-state index is 0.0114. The molecule has 1 fully saturated rings. The van der Waals surface area contributed by atoms with Gasteiger partial charge in [-0.3, -0.25) is 9.59 Å². The molecular formula is C26H33FN2O3. The van der Waals surface area contributed by atoms with Crippen molar-refractivity contribution in [2.75, 3.05) is 26.8 Å². The molecule has 0 unspecified atom stereocenters. The van der Waals surface area contributed by atoms with Crippen LogP contribution in [0.15, 0.2) is 48.5 Å². The van der Waals surface area contributed by atoms with E-state index in [-0.39, 0.29) is 23.2 Å². The number of amides is 2. The van der Waals surface area contributed by atoms with Gasteiger partial charge < -0.3 is 15.0 Å². The average molecular weight is 441 g/mol. The van der Waals surface area contributed by atoms with E-state index in [0.717, 1.165) is 16.7 Å². The molecule has 0 aliphatic carbocycles. The quantitative estimate of drug-likeness (QED) is 0.702. The molecule has 1 N–H and O–H groups in total. The van der Waals surface area contributed by atoms with E-state index >= 15 is 0 Å². The van der Waals surface area contributed by atoms with Gasteiger partial charge in [0.05, 0.1) is 18.4 Å². The summed E-state index contributed by atoms with van der Waals surface area (Å²) in [7, 11) is 1.58. The van der Waals surface area contributed by atoms with E-state index in [2.05, 4.69) is 11.4 Å². The minimum atomic E-state index is -0.697. The smallest absolute Gasteiger partial charge is 0.228 e. The van der Waals surface area contributed by atoms with Crippen molar-refractivity contribution in [2.45, 2.75) is 45.6 Å². The molecule has 1 atom stereocenters. The second-order valence-corrected chi connectivity index (χ2v) is 9.68. The molecule has 1 aliphatic heterocycles. The number of benzene rings is 2. The first kappa shape index (κ1) is 23.9. The fourth-order valence-corrected chi connectivity index (χ4v) is 4.21. The molecule has 0 saturated carbocycles. The predicted molar refractivity (Wildman–Crippen MR) is 124 cm³/mol. The number of halogens is 1. The van der Waals surface area contributed by atoms with Gasteiger partial charge in [0, 0.05) is 25.7 Å². The maximum absolute atomic E-state index is 13.4. The number of methoxy groups -OCH3 is 1. The number of nitrogens with one attached hydrogen (secondary N) is 1. The molecule has 2 amide bonds. The van der Waals surface area contributed by atoms with E-state index in [1.54, 1.807) is 24.1 Å². The highest BCUT2D eigenvalue weighted by Crippen LogP contribution is 2.36. The Balaban J connectivity index is 1.86. The second-order valence-electron chi connectivity index (χ2n) is 9.68. The third-order valence-corrected chi connectivity index (χ3v) is 5.84. The molecule has 1 aliphatic rings. The monoisotopic (exact) mass is 440 g/mol. The zero-order valence-electron chi connectivity index (χ0n) is 19.4. The lowest BCUT2D eigenvalue weighted by Crippen LogP contribution is -2.51. The van der Waals surface area contributed by atoms with Crippen LogP contribution in [0.1, 0.15) is 39.2 Å². The molecule has 6 heteroatoms. The van der Waals surface area contributed by atoms with Crippen molar-refractivity contribution in [3.63, 3.8) is 0 Å². The summed E-state index contributed by atoms with van der Waals surface area (Å²) in [4.78, 5) is 27.8. The number of hydrogen-bond acceptors (Lipinski definition) is 3. The van der Waals surface area contributed by atoms with Gasteiger partial charge in [0.2, 0.25) is 11.8 Å². The number of carbonyl (C=O) groups is 2. The van der Waals surface area contributed by atoms with Gasteiger partial charge >= 0.3 is 0 Å². The molecule has 0 aromatic heterocycles. The van der Waals surface area contributed by atoms with Crippen molar-refractivity contribution in [1.29, 1.82) is 0 Å². The second kappa shape index (κ2) is 9.82. The summed E-state index contributed by atoms with van der Waals surface area (Å²) in [6.07, 6.45) is 1.44. The summed E-state index contributed by atoms with van der Waals surface area (Å²) in [5.41, 5.74) is 1.84. The topological polar surface area (TPSA) is 58.6 Å². The van der Waals surface area contributed by atoms with Gasteiger partial charge in [-0.2, -0.15) is 0 Å². The molecule has 2 aromatic rings. The Morgan fingerprint density at radius 2 is 1.84 bits per heavy atom. The molecule has 0 bridgehead atoms. The molecule has 5 nitrogen and oxygen atoms in total. The maximum Gasteiger partial charge on any atom is 0.228 e. The molecule has 32 heavy (non-hydrogen) atoms. The lowest BCUT2D eigenvalue weighted by molar-refractivity contribution is -0.134. The van der Waals surface area contributed by atoms with Crippen LogP contribution in [-0.2, 0) is 20.7 Å². The summed E-state index contributed by atoms with van der Waals surface area (Å²) in [5, 5.41) is 3.13. The number of rotatable bonds is 7. The lowest BCUT2D eigenvalue weighted by atomic mass is 9.78. The summed E-state index contributed by atoms with van der Waals surface area (Å²) >= 11 is 0. The zero-order valence-corrected chi connectivity index (χ0v) is 19.4. The Morgan fingerprint density at radius 3 is 2.50 bits per heavy atom. The van der Waals surface area contributed by atoms with Gasteiger partial charge in [-0.05, 0) is 62.4 Å². The van der Waals surface area contributed by atoms with Crippen molar-refractivity contribution in [1.82, 2.24) is 10.2 Å². The van der Waals surface area contributed by atoms with Crippen molar-refractivity contribution in [2.24, 2.45) is 5.41 Å². The van der Waals surface area contributed by atoms with Crippen LogP contribution in [0.2, 0.25) is 0 Å². The minimum Gasteiger partial charge on any atom is -0.384 e. The molecule has 0 radical (unpaired) electrons. The van der Waals surface area contributed by atoms with Crippen molar-refractivity contribution >= 4 is 11.8 Å². The number of nitrogens with zero attached hydrogens (tertiary/aromatic N) is 1. The zero-order chi connectivity index (χ0) is 23.4. The normalized spacial score (nSPS) is 18.6. The number of hydrogen-bond donors (Lipinski definition) is 1.